The van der Waals surface area contributed by atoms with Crippen molar-refractivity contribution in [2.75, 3.05) is 4.90 Å². The summed E-state index contributed by atoms with van der Waals surface area (Å²) in [5.74, 6) is 0. The number of aromatic nitrogens is 1. The average Bonchev–Trinajstić information content (AvgIpc) is 3.82. The lowest BCUT2D eigenvalue weighted by Gasteiger charge is -2.26. The lowest BCUT2D eigenvalue weighted by molar-refractivity contribution is 0.669. The van der Waals surface area contributed by atoms with Gasteiger partial charge in [-0.2, -0.15) is 0 Å². The maximum absolute atomic E-state index is 6.65. The van der Waals surface area contributed by atoms with E-state index in [1.807, 2.05) is 0 Å². The van der Waals surface area contributed by atoms with Gasteiger partial charge in [0.15, 0.2) is 0 Å². The predicted molar refractivity (Wildman–Crippen MR) is 249 cm³/mol. The molecule has 3 heteroatoms. The summed E-state index contributed by atoms with van der Waals surface area (Å²) in [6, 6.07) is 78.7. The molecule has 0 unspecified atom stereocenters. The summed E-state index contributed by atoms with van der Waals surface area (Å²) in [4.78, 5) is 2.36. The third-order valence-corrected chi connectivity index (χ3v) is 12.0. The molecule has 12 aromatic rings. The fourth-order valence-electron chi connectivity index (χ4n) is 9.19. The van der Waals surface area contributed by atoms with E-state index in [0.29, 0.717) is 0 Å². The Morgan fingerprint density at radius 2 is 0.881 bits per heavy atom. The fourth-order valence-corrected chi connectivity index (χ4v) is 9.19. The Bertz CT molecular complexity index is 3550. The van der Waals surface area contributed by atoms with Crippen molar-refractivity contribution in [1.29, 1.82) is 0 Å². The van der Waals surface area contributed by atoms with Gasteiger partial charge in [0, 0.05) is 50.1 Å². The van der Waals surface area contributed by atoms with E-state index in [9.17, 15) is 0 Å². The summed E-state index contributed by atoms with van der Waals surface area (Å²) in [5, 5.41) is 9.48. The van der Waals surface area contributed by atoms with Crippen LogP contribution in [-0.4, -0.2) is 4.57 Å². The van der Waals surface area contributed by atoms with Crippen molar-refractivity contribution in [1.82, 2.24) is 4.57 Å². The van der Waals surface area contributed by atoms with Crippen molar-refractivity contribution in [3.05, 3.63) is 218 Å². The molecule has 0 aliphatic carbocycles. The van der Waals surface area contributed by atoms with Gasteiger partial charge >= 0.3 is 0 Å². The van der Waals surface area contributed by atoms with E-state index in [-0.39, 0.29) is 0 Å². The quantitative estimate of drug-likeness (QED) is 0.169. The number of rotatable bonds is 6. The molecule has 0 saturated heterocycles. The topological polar surface area (TPSA) is 21.3 Å². The number of nitrogens with zero attached hydrogens (tertiary/aromatic N) is 2. The minimum absolute atomic E-state index is 0.858. The summed E-state index contributed by atoms with van der Waals surface area (Å²) in [6.45, 7) is 0. The number of anilines is 3. The van der Waals surface area contributed by atoms with Crippen molar-refractivity contribution in [3.63, 3.8) is 0 Å². The minimum atomic E-state index is 0.858. The molecule has 12 rings (SSSR count). The molecular weight excluding hydrogens is 717 g/mol. The van der Waals surface area contributed by atoms with Crippen LogP contribution in [0, 0.1) is 0 Å². The molecule has 0 spiro atoms. The molecule has 2 aromatic heterocycles. The van der Waals surface area contributed by atoms with E-state index >= 15 is 0 Å². The molecule has 0 amide bonds. The molecule has 0 N–H and O–H groups in total. The molecule has 0 aliphatic rings. The zero-order chi connectivity index (χ0) is 38.9. The first kappa shape index (κ1) is 33.3. The summed E-state index contributed by atoms with van der Waals surface area (Å²) in [5.41, 5.74) is 13.2. The van der Waals surface area contributed by atoms with Crippen LogP contribution >= 0.6 is 0 Å². The second-order valence-electron chi connectivity index (χ2n) is 15.3. The molecule has 0 radical (unpaired) electrons. The third-order valence-electron chi connectivity index (χ3n) is 12.0. The van der Waals surface area contributed by atoms with Crippen LogP contribution in [0.15, 0.2) is 223 Å². The van der Waals surface area contributed by atoms with Crippen LogP contribution < -0.4 is 4.90 Å². The second kappa shape index (κ2) is 13.4. The molecule has 276 valence electrons. The first-order valence-electron chi connectivity index (χ1n) is 20.2. The Balaban J connectivity index is 1.07. The molecule has 0 atom stereocenters. The average molecular weight is 753 g/mol. The minimum Gasteiger partial charge on any atom is -0.456 e. The largest absolute Gasteiger partial charge is 0.456 e. The van der Waals surface area contributed by atoms with Crippen LogP contribution in [0.4, 0.5) is 17.1 Å². The summed E-state index contributed by atoms with van der Waals surface area (Å²) >= 11 is 0. The normalized spacial score (nSPS) is 11.7. The summed E-state index contributed by atoms with van der Waals surface area (Å²) < 4.78 is 9.09. The van der Waals surface area contributed by atoms with Gasteiger partial charge in [-0.25, -0.2) is 0 Å². The maximum Gasteiger partial charge on any atom is 0.137 e. The second-order valence-corrected chi connectivity index (χ2v) is 15.3. The highest BCUT2D eigenvalue weighted by atomic mass is 16.3. The molecule has 0 aliphatic heterocycles. The van der Waals surface area contributed by atoms with Gasteiger partial charge in [0.05, 0.1) is 16.7 Å². The highest BCUT2D eigenvalue weighted by Gasteiger charge is 2.20. The standard InChI is InChI=1S/C56H36N2O/c1-2-13-37(14-3-1)45-19-8-9-20-46(45)39-25-27-42(28-26-39)57(44-30-32-50-51-33-40-16-4-5-17-41(40)34-55(51)59-56(50)36-44)43-29-31-49-48-22-10-11-23-53(48)58(54(49)35-43)52-24-12-18-38-15-6-7-21-47(38)52/h1-36H. The highest BCUT2D eigenvalue weighted by Crippen LogP contribution is 2.43. The summed E-state index contributed by atoms with van der Waals surface area (Å²) in [7, 11) is 0. The van der Waals surface area contributed by atoms with E-state index in [4.69, 9.17) is 4.42 Å². The number of hydrogen-bond donors (Lipinski definition) is 0. The van der Waals surface area contributed by atoms with Crippen LogP contribution in [0.1, 0.15) is 0 Å². The van der Waals surface area contributed by atoms with Gasteiger partial charge in [0.2, 0.25) is 0 Å². The molecule has 3 nitrogen and oxygen atoms in total. The van der Waals surface area contributed by atoms with Crippen LogP contribution in [-0.2, 0) is 0 Å². The van der Waals surface area contributed by atoms with E-state index in [2.05, 4.69) is 228 Å². The molecular formula is C56H36N2O. The molecule has 59 heavy (non-hydrogen) atoms. The predicted octanol–water partition coefficient (Wildman–Crippen LogP) is 15.8. The first-order chi connectivity index (χ1) is 29.2. The Morgan fingerprint density at radius 1 is 0.322 bits per heavy atom. The number of fused-ring (bicyclic) bond motifs is 8. The van der Waals surface area contributed by atoms with Gasteiger partial charge in [-0.05, 0) is 99.1 Å². The van der Waals surface area contributed by atoms with Crippen molar-refractivity contribution in [3.8, 4) is 27.9 Å². The monoisotopic (exact) mass is 752 g/mol. The number of hydrogen-bond acceptors (Lipinski definition) is 2. The Kier molecular flexibility index (Phi) is 7.54. The zero-order valence-corrected chi connectivity index (χ0v) is 32.1. The number of furan rings is 1. The van der Waals surface area contributed by atoms with Crippen LogP contribution in [0.2, 0.25) is 0 Å². The van der Waals surface area contributed by atoms with Crippen LogP contribution in [0.3, 0.4) is 0 Å². The molecule has 0 bridgehead atoms. The van der Waals surface area contributed by atoms with E-state index < -0.39 is 0 Å². The van der Waals surface area contributed by atoms with Crippen molar-refractivity contribution < 1.29 is 4.42 Å². The number of benzene rings is 10. The molecule has 0 saturated carbocycles. The first-order valence-corrected chi connectivity index (χ1v) is 20.2. The van der Waals surface area contributed by atoms with Gasteiger partial charge < -0.3 is 13.9 Å². The highest BCUT2D eigenvalue weighted by molar-refractivity contribution is 6.13. The smallest absolute Gasteiger partial charge is 0.137 e. The van der Waals surface area contributed by atoms with Crippen molar-refractivity contribution in [2.45, 2.75) is 0 Å². The van der Waals surface area contributed by atoms with Gasteiger partial charge in [-0.1, -0.05) is 152 Å². The molecule has 10 aromatic carbocycles. The third kappa shape index (κ3) is 5.44. The van der Waals surface area contributed by atoms with Crippen molar-refractivity contribution in [2.24, 2.45) is 0 Å². The van der Waals surface area contributed by atoms with Gasteiger partial charge in [0.1, 0.15) is 11.2 Å². The van der Waals surface area contributed by atoms with Gasteiger partial charge in [-0.3, -0.25) is 0 Å². The van der Waals surface area contributed by atoms with Crippen molar-refractivity contribution >= 4 is 82.4 Å². The Morgan fingerprint density at radius 3 is 1.68 bits per heavy atom. The summed E-state index contributed by atoms with van der Waals surface area (Å²) in [6.07, 6.45) is 0. The SMILES string of the molecule is c1ccc(-c2ccccc2-c2ccc(N(c3ccc4c(c3)oc3cc5ccccc5cc34)c3ccc4c5ccccc5n(-c5cccc6ccccc56)c4c3)cc2)cc1. The van der Waals surface area contributed by atoms with E-state index in [1.165, 1.54) is 60.1 Å². The maximum atomic E-state index is 6.65. The van der Waals surface area contributed by atoms with E-state index in [1.54, 1.807) is 0 Å². The lowest BCUT2D eigenvalue weighted by atomic mass is 9.94. The van der Waals surface area contributed by atoms with Gasteiger partial charge in [0.25, 0.3) is 0 Å². The molecule has 2 heterocycles. The fraction of sp³-hybridized carbons (Fsp3) is 0. The van der Waals surface area contributed by atoms with E-state index in [0.717, 1.165) is 50.2 Å². The van der Waals surface area contributed by atoms with Crippen LogP contribution in [0.5, 0.6) is 0 Å². The number of para-hydroxylation sites is 1. The Labute approximate surface area is 341 Å². The van der Waals surface area contributed by atoms with Gasteiger partial charge in [-0.15, -0.1) is 0 Å². The lowest BCUT2D eigenvalue weighted by Crippen LogP contribution is -2.10. The Hall–Kier alpha value is -7.88. The van der Waals surface area contributed by atoms with Crippen LogP contribution in [0.25, 0.3) is 93.2 Å². The zero-order valence-electron chi connectivity index (χ0n) is 32.1. The molecule has 0 fully saturated rings.